The molecule has 1 heterocycles. The van der Waals surface area contributed by atoms with Gasteiger partial charge in [-0.1, -0.05) is 23.7 Å². The van der Waals surface area contributed by atoms with Gasteiger partial charge in [-0.2, -0.15) is 0 Å². The molecule has 1 aliphatic heterocycles. The summed E-state index contributed by atoms with van der Waals surface area (Å²) in [5.41, 5.74) is 0.540. The van der Waals surface area contributed by atoms with E-state index in [9.17, 15) is 9.59 Å². The highest BCUT2D eigenvalue weighted by Crippen LogP contribution is 2.34. The second kappa shape index (κ2) is 6.69. The lowest BCUT2D eigenvalue weighted by Crippen LogP contribution is -2.41. The molecule has 1 saturated heterocycles. The van der Waals surface area contributed by atoms with Crippen molar-refractivity contribution in [3.05, 3.63) is 34.9 Å². The fourth-order valence-electron chi connectivity index (χ4n) is 2.74. The molecule has 0 radical (unpaired) electrons. The zero-order valence-electron chi connectivity index (χ0n) is 13.2. The molecule has 2 unspecified atom stereocenters. The van der Waals surface area contributed by atoms with Crippen molar-refractivity contribution < 1.29 is 14.3 Å². The molecule has 1 N–H and O–H groups in total. The average Bonchev–Trinajstić information content (AvgIpc) is 2.40. The van der Waals surface area contributed by atoms with Crippen molar-refractivity contribution in [2.75, 3.05) is 6.54 Å². The van der Waals surface area contributed by atoms with E-state index in [0.29, 0.717) is 24.4 Å². The molecule has 1 aromatic rings. The number of hydrogen-bond acceptors (Lipinski definition) is 3. The second-order valence-electron chi connectivity index (χ2n) is 6.72. The first-order chi connectivity index (χ1) is 10.2. The van der Waals surface area contributed by atoms with Gasteiger partial charge in [-0.3, -0.25) is 9.59 Å². The first-order valence-corrected chi connectivity index (χ1v) is 7.86. The average molecular weight is 324 g/mol. The summed E-state index contributed by atoms with van der Waals surface area (Å²) in [5, 5.41) is 3.50. The number of carbonyl (C=O) groups excluding carboxylic acids is 2. The minimum absolute atomic E-state index is 0.0125. The molecule has 5 heteroatoms. The van der Waals surface area contributed by atoms with Crippen molar-refractivity contribution in [2.24, 2.45) is 5.92 Å². The summed E-state index contributed by atoms with van der Waals surface area (Å²) in [6.07, 6.45) is 0.680. The number of piperidine rings is 1. The van der Waals surface area contributed by atoms with Crippen LogP contribution in [-0.4, -0.2) is 24.0 Å². The Bertz CT molecular complexity index is 548. The van der Waals surface area contributed by atoms with Crippen molar-refractivity contribution >= 4 is 23.5 Å². The molecule has 0 aromatic heterocycles. The molecule has 0 bridgehead atoms. The van der Waals surface area contributed by atoms with Gasteiger partial charge in [0, 0.05) is 18.0 Å². The van der Waals surface area contributed by atoms with Gasteiger partial charge in [0.2, 0.25) is 5.91 Å². The number of ether oxygens (including phenoxy) is 1. The number of esters is 1. The van der Waals surface area contributed by atoms with Crippen LogP contribution in [-0.2, 0) is 14.3 Å². The van der Waals surface area contributed by atoms with E-state index in [4.69, 9.17) is 16.3 Å². The second-order valence-corrected chi connectivity index (χ2v) is 7.15. The van der Waals surface area contributed by atoms with Crippen molar-refractivity contribution in [3.8, 4) is 0 Å². The van der Waals surface area contributed by atoms with Crippen LogP contribution in [0.25, 0.3) is 0 Å². The normalized spacial score (nSPS) is 22.1. The summed E-state index contributed by atoms with van der Waals surface area (Å²) < 4.78 is 5.40. The molecular formula is C17H22ClNO3. The number of hydrogen-bond donors (Lipinski definition) is 1. The number of rotatable bonds is 3. The first-order valence-electron chi connectivity index (χ1n) is 7.48. The summed E-state index contributed by atoms with van der Waals surface area (Å²) in [6.45, 7) is 6.05. The van der Waals surface area contributed by atoms with Crippen LogP contribution in [0.1, 0.15) is 45.1 Å². The van der Waals surface area contributed by atoms with Gasteiger partial charge in [0.1, 0.15) is 5.60 Å². The van der Waals surface area contributed by atoms with E-state index in [1.807, 2.05) is 45.0 Å². The molecular weight excluding hydrogens is 302 g/mol. The van der Waals surface area contributed by atoms with E-state index < -0.39 is 5.60 Å². The Balaban J connectivity index is 2.11. The number of amides is 1. The zero-order valence-corrected chi connectivity index (χ0v) is 13.9. The number of halogens is 1. The molecule has 22 heavy (non-hydrogen) atoms. The van der Waals surface area contributed by atoms with E-state index in [1.54, 1.807) is 0 Å². The summed E-state index contributed by atoms with van der Waals surface area (Å²) in [5.74, 6) is -0.166. The minimum Gasteiger partial charge on any atom is -0.460 e. The van der Waals surface area contributed by atoms with Crippen LogP contribution < -0.4 is 5.32 Å². The number of carbonyl (C=O) groups is 2. The van der Waals surface area contributed by atoms with Gasteiger partial charge in [0.15, 0.2) is 0 Å². The standard InChI is InChI=1S/C17H22ClNO3/c1-17(2,3)22-16(21)8-12-10-19-15(20)9-14(12)11-4-6-13(18)7-5-11/h4-7,12,14H,8-10H2,1-3H3,(H,19,20). The predicted octanol–water partition coefficient (Wildman–Crippen LogP) is 3.29. The van der Waals surface area contributed by atoms with E-state index in [1.165, 1.54) is 0 Å². The predicted molar refractivity (Wildman–Crippen MR) is 85.8 cm³/mol. The monoisotopic (exact) mass is 323 g/mol. The Morgan fingerprint density at radius 1 is 1.32 bits per heavy atom. The largest absolute Gasteiger partial charge is 0.460 e. The maximum Gasteiger partial charge on any atom is 0.306 e. The summed E-state index contributed by atoms with van der Waals surface area (Å²) in [6, 6.07) is 7.48. The van der Waals surface area contributed by atoms with E-state index in [-0.39, 0.29) is 23.7 Å². The smallest absolute Gasteiger partial charge is 0.306 e. The van der Waals surface area contributed by atoms with E-state index in [0.717, 1.165) is 5.56 Å². The van der Waals surface area contributed by atoms with Crippen molar-refractivity contribution in [1.29, 1.82) is 0 Å². The van der Waals surface area contributed by atoms with Crippen LogP contribution in [0.2, 0.25) is 5.02 Å². The Morgan fingerprint density at radius 2 is 1.95 bits per heavy atom. The van der Waals surface area contributed by atoms with Crippen molar-refractivity contribution in [3.63, 3.8) is 0 Å². The highest BCUT2D eigenvalue weighted by Gasteiger charge is 2.33. The van der Waals surface area contributed by atoms with Crippen LogP contribution in [0.3, 0.4) is 0 Å². The van der Waals surface area contributed by atoms with E-state index >= 15 is 0 Å². The molecule has 1 fully saturated rings. The quantitative estimate of drug-likeness (QED) is 0.868. The molecule has 4 nitrogen and oxygen atoms in total. The summed E-state index contributed by atoms with van der Waals surface area (Å²) in [7, 11) is 0. The number of nitrogens with one attached hydrogen (secondary N) is 1. The highest BCUT2D eigenvalue weighted by atomic mass is 35.5. The van der Waals surface area contributed by atoms with Crippen molar-refractivity contribution in [1.82, 2.24) is 5.32 Å². The molecule has 120 valence electrons. The highest BCUT2D eigenvalue weighted by molar-refractivity contribution is 6.30. The summed E-state index contributed by atoms with van der Waals surface area (Å²) in [4.78, 5) is 23.8. The Kier molecular flexibility index (Phi) is 5.12. The van der Waals surface area contributed by atoms with Crippen LogP contribution in [0.4, 0.5) is 0 Å². The fraction of sp³-hybridized carbons (Fsp3) is 0.529. The van der Waals surface area contributed by atoms with E-state index in [2.05, 4.69) is 5.32 Å². The molecule has 1 amide bonds. The lowest BCUT2D eigenvalue weighted by atomic mass is 9.79. The third-order valence-electron chi connectivity index (χ3n) is 3.68. The van der Waals surface area contributed by atoms with Crippen LogP contribution >= 0.6 is 11.6 Å². The summed E-state index contributed by atoms with van der Waals surface area (Å²) >= 11 is 5.92. The van der Waals surface area contributed by atoms with Gasteiger partial charge < -0.3 is 10.1 Å². The van der Waals surface area contributed by atoms with Gasteiger partial charge >= 0.3 is 5.97 Å². The molecule has 0 aliphatic carbocycles. The maximum atomic E-state index is 12.1. The molecule has 1 aliphatic rings. The molecule has 0 spiro atoms. The number of benzene rings is 1. The van der Waals surface area contributed by atoms with Gasteiger partial charge in [-0.05, 0) is 50.3 Å². The lowest BCUT2D eigenvalue weighted by Gasteiger charge is -2.32. The van der Waals surface area contributed by atoms with Gasteiger partial charge in [0.25, 0.3) is 0 Å². The Labute approximate surface area is 136 Å². The van der Waals surface area contributed by atoms with Gasteiger partial charge in [0.05, 0.1) is 6.42 Å². The van der Waals surface area contributed by atoms with Crippen LogP contribution in [0.15, 0.2) is 24.3 Å². The molecule has 2 rings (SSSR count). The third-order valence-corrected chi connectivity index (χ3v) is 3.93. The van der Waals surface area contributed by atoms with Crippen LogP contribution in [0, 0.1) is 5.92 Å². The molecule has 0 saturated carbocycles. The minimum atomic E-state index is -0.495. The maximum absolute atomic E-state index is 12.1. The van der Waals surface area contributed by atoms with Gasteiger partial charge in [-0.25, -0.2) is 0 Å². The van der Waals surface area contributed by atoms with Crippen molar-refractivity contribution in [2.45, 2.75) is 45.1 Å². The third kappa shape index (κ3) is 4.73. The van der Waals surface area contributed by atoms with Crippen LogP contribution in [0.5, 0.6) is 0 Å². The zero-order chi connectivity index (χ0) is 16.3. The topological polar surface area (TPSA) is 55.4 Å². The SMILES string of the molecule is CC(C)(C)OC(=O)CC1CNC(=O)CC1c1ccc(Cl)cc1. The molecule has 2 atom stereocenters. The first kappa shape index (κ1) is 16.8. The lowest BCUT2D eigenvalue weighted by molar-refractivity contribution is -0.156. The Morgan fingerprint density at radius 3 is 2.55 bits per heavy atom. The molecule has 1 aromatic carbocycles. The fourth-order valence-corrected chi connectivity index (χ4v) is 2.86. The Hall–Kier alpha value is -1.55. The van der Waals surface area contributed by atoms with Gasteiger partial charge in [-0.15, -0.1) is 0 Å².